The highest BCUT2D eigenvalue weighted by Crippen LogP contribution is 2.07. The van der Waals surface area contributed by atoms with Crippen molar-refractivity contribution < 1.29 is 4.74 Å². The van der Waals surface area contributed by atoms with Crippen LogP contribution in [0.15, 0.2) is 0 Å². The Kier molecular flexibility index (Phi) is 14.5. The van der Waals surface area contributed by atoms with Crippen LogP contribution in [0.3, 0.4) is 0 Å². The highest BCUT2D eigenvalue weighted by atomic mass is 32.1. The van der Waals surface area contributed by atoms with Gasteiger partial charge >= 0.3 is 0 Å². The molecule has 1 N–H and O–H groups in total. The van der Waals surface area contributed by atoms with Crippen LogP contribution in [-0.4, -0.2) is 18.3 Å². The highest BCUT2D eigenvalue weighted by Gasteiger charge is 1.96. The number of rotatable bonds is 12. The summed E-state index contributed by atoms with van der Waals surface area (Å²) in [5, 5.41) is 3.74. The average molecular weight is 273 g/mol. The van der Waals surface area contributed by atoms with E-state index in [1.54, 1.807) is 0 Å². The van der Waals surface area contributed by atoms with Crippen molar-refractivity contribution in [3.05, 3.63) is 0 Å². The minimum Gasteiger partial charge on any atom is -0.471 e. The summed E-state index contributed by atoms with van der Waals surface area (Å²) in [5.74, 6) is 0. The fourth-order valence-electron chi connectivity index (χ4n) is 1.81. The fraction of sp³-hybridized carbons (Fsp3) is 0.933. The van der Waals surface area contributed by atoms with Gasteiger partial charge in [0.25, 0.3) is 5.17 Å². The van der Waals surface area contributed by atoms with Crippen LogP contribution in [0.4, 0.5) is 0 Å². The molecule has 0 aromatic rings. The third-order valence-corrected chi connectivity index (χ3v) is 3.29. The van der Waals surface area contributed by atoms with E-state index in [2.05, 4.69) is 19.2 Å². The number of hydrogen-bond acceptors (Lipinski definition) is 2. The Balaban J connectivity index is 3.08. The third kappa shape index (κ3) is 13.8. The van der Waals surface area contributed by atoms with E-state index in [1.165, 1.54) is 51.4 Å². The van der Waals surface area contributed by atoms with Gasteiger partial charge in [0.15, 0.2) is 0 Å². The number of unbranched alkanes of at least 4 members (excludes halogenated alkanes) is 8. The maximum atomic E-state index is 5.37. The van der Waals surface area contributed by atoms with Gasteiger partial charge in [-0.25, -0.2) is 0 Å². The number of nitrogens with one attached hydrogen (secondary N) is 1. The van der Waals surface area contributed by atoms with Crippen molar-refractivity contribution >= 4 is 17.4 Å². The van der Waals surface area contributed by atoms with Crippen molar-refractivity contribution in [2.45, 2.75) is 78.1 Å². The summed E-state index contributed by atoms with van der Waals surface area (Å²) in [6, 6.07) is 0. The number of hydrogen-bond donors (Lipinski definition) is 1. The summed E-state index contributed by atoms with van der Waals surface area (Å²) in [5.41, 5.74) is 0. The van der Waals surface area contributed by atoms with Gasteiger partial charge in [-0.05, 0) is 25.1 Å². The van der Waals surface area contributed by atoms with E-state index >= 15 is 0 Å². The second-order valence-corrected chi connectivity index (χ2v) is 5.26. The molecule has 0 heterocycles. The molecule has 3 heteroatoms. The second kappa shape index (κ2) is 14.7. The Morgan fingerprint density at radius 1 is 0.833 bits per heavy atom. The molecule has 18 heavy (non-hydrogen) atoms. The molecule has 0 aromatic carbocycles. The first kappa shape index (κ1) is 17.7. The largest absolute Gasteiger partial charge is 0.471 e. The Hall–Kier alpha value is -0.310. The first-order valence-electron chi connectivity index (χ1n) is 7.71. The molecule has 0 saturated carbocycles. The molecule has 2 nitrogen and oxygen atoms in total. The first-order chi connectivity index (χ1) is 8.81. The number of thiocarbonyl (C=S) groups is 1. The normalized spacial score (nSPS) is 10.3. The zero-order valence-electron chi connectivity index (χ0n) is 12.3. The molecule has 0 aliphatic carbocycles. The van der Waals surface area contributed by atoms with Crippen LogP contribution < -0.4 is 5.32 Å². The van der Waals surface area contributed by atoms with Crippen LogP contribution >= 0.6 is 12.2 Å². The SMILES string of the molecule is CCCCCCCCCCNC(=S)OCCCC. The predicted octanol–water partition coefficient (Wildman–Crippen LogP) is 4.82. The summed E-state index contributed by atoms with van der Waals surface area (Å²) in [4.78, 5) is 0. The van der Waals surface area contributed by atoms with Crippen molar-refractivity contribution in [3.63, 3.8) is 0 Å². The first-order valence-corrected chi connectivity index (χ1v) is 8.12. The van der Waals surface area contributed by atoms with Crippen LogP contribution in [0.2, 0.25) is 0 Å². The van der Waals surface area contributed by atoms with Gasteiger partial charge in [0.05, 0.1) is 6.61 Å². The van der Waals surface area contributed by atoms with E-state index in [1.807, 2.05) is 0 Å². The minimum absolute atomic E-state index is 0.575. The molecule has 0 spiro atoms. The molecule has 0 bridgehead atoms. The quantitative estimate of drug-likeness (QED) is 0.407. The highest BCUT2D eigenvalue weighted by molar-refractivity contribution is 7.80. The van der Waals surface area contributed by atoms with Gasteiger partial charge < -0.3 is 10.1 Å². The lowest BCUT2D eigenvalue weighted by Crippen LogP contribution is -2.25. The van der Waals surface area contributed by atoms with Gasteiger partial charge in [-0.3, -0.25) is 0 Å². The lowest BCUT2D eigenvalue weighted by Gasteiger charge is -2.09. The summed E-state index contributed by atoms with van der Waals surface area (Å²) in [6.07, 6.45) is 13.0. The Bertz CT molecular complexity index is 185. The van der Waals surface area contributed by atoms with E-state index < -0.39 is 0 Å². The summed E-state index contributed by atoms with van der Waals surface area (Å²) >= 11 is 5.08. The molecule has 0 atom stereocenters. The van der Waals surface area contributed by atoms with Gasteiger partial charge in [-0.2, -0.15) is 0 Å². The van der Waals surface area contributed by atoms with Gasteiger partial charge in [-0.1, -0.05) is 65.2 Å². The van der Waals surface area contributed by atoms with Gasteiger partial charge in [-0.15, -0.1) is 0 Å². The van der Waals surface area contributed by atoms with Crippen molar-refractivity contribution in [2.24, 2.45) is 0 Å². The van der Waals surface area contributed by atoms with E-state index in [0.29, 0.717) is 5.17 Å². The molecule has 0 fully saturated rings. The molecule has 0 saturated heterocycles. The van der Waals surface area contributed by atoms with Crippen LogP contribution in [0.1, 0.15) is 78.1 Å². The standard InChI is InChI=1S/C15H31NOS/c1-3-5-7-8-9-10-11-12-13-16-15(18)17-14-6-4-2/h3-14H2,1-2H3,(H,16,18). The molecular weight excluding hydrogens is 242 g/mol. The van der Waals surface area contributed by atoms with Crippen LogP contribution in [0.5, 0.6) is 0 Å². The zero-order chi connectivity index (χ0) is 13.5. The van der Waals surface area contributed by atoms with Crippen LogP contribution in [0, 0.1) is 0 Å². The van der Waals surface area contributed by atoms with E-state index in [4.69, 9.17) is 17.0 Å². The Morgan fingerprint density at radius 3 is 2.00 bits per heavy atom. The minimum atomic E-state index is 0.575. The van der Waals surface area contributed by atoms with Crippen molar-refractivity contribution in [2.75, 3.05) is 13.2 Å². The molecular formula is C15H31NOS. The molecule has 0 amide bonds. The van der Waals surface area contributed by atoms with Gasteiger partial charge in [0.2, 0.25) is 0 Å². The van der Waals surface area contributed by atoms with Gasteiger partial charge in [0.1, 0.15) is 0 Å². The smallest absolute Gasteiger partial charge is 0.256 e. The summed E-state index contributed by atoms with van der Waals surface area (Å²) < 4.78 is 5.37. The lowest BCUT2D eigenvalue weighted by atomic mass is 10.1. The van der Waals surface area contributed by atoms with E-state index in [0.717, 1.165) is 26.0 Å². The maximum Gasteiger partial charge on any atom is 0.256 e. The monoisotopic (exact) mass is 273 g/mol. The molecule has 0 unspecified atom stereocenters. The second-order valence-electron chi connectivity index (χ2n) is 4.89. The fourth-order valence-corrected chi connectivity index (χ4v) is 1.99. The molecule has 0 radical (unpaired) electrons. The third-order valence-electron chi connectivity index (χ3n) is 3.03. The zero-order valence-corrected chi connectivity index (χ0v) is 13.1. The molecule has 0 aliphatic heterocycles. The average Bonchev–Trinajstić information content (AvgIpc) is 2.37. The predicted molar refractivity (Wildman–Crippen MR) is 84.1 cm³/mol. The van der Waals surface area contributed by atoms with Crippen molar-refractivity contribution in [1.82, 2.24) is 5.32 Å². The molecule has 108 valence electrons. The summed E-state index contributed by atoms with van der Waals surface area (Å²) in [6.45, 7) is 6.12. The van der Waals surface area contributed by atoms with E-state index in [9.17, 15) is 0 Å². The molecule has 0 aliphatic rings. The molecule has 0 rings (SSSR count). The van der Waals surface area contributed by atoms with Crippen LogP contribution in [-0.2, 0) is 4.74 Å². The summed E-state index contributed by atoms with van der Waals surface area (Å²) in [7, 11) is 0. The van der Waals surface area contributed by atoms with Gasteiger partial charge in [0, 0.05) is 6.54 Å². The lowest BCUT2D eigenvalue weighted by molar-refractivity contribution is 0.290. The Morgan fingerprint density at radius 2 is 1.39 bits per heavy atom. The van der Waals surface area contributed by atoms with Crippen molar-refractivity contribution in [1.29, 1.82) is 0 Å². The Labute approximate surface area is 119 Å². The van der Waals surface area contributed by atoms with Crippen molar-refractivity contribution in [3.8, 4) is 0 Å². The number of ether oxygens (including phenoxy) is 1. The maximum absolute atomic E-state index is 5.37. The van der Waals surface area contributed by atoms with Crippen LogP contribution in [0.25, 0.3) is 0 Å². The molecule has 0 aromatic heterocycles. The van der Waals surface area contributed by atoms with E-state index in [-0.39, 0.29) is 0 Å². The topological polar surface area (TPSA) is 21.3 Å².